The molecule has 5 heteroatoms. The zero-order chi connectivity index (χ0) is 20.4. The zero-order valence-electron chi connectivity index (χ0n) is 16.8. The van der Waals surface area contributed by atoms with Gasteiger partial charge in [0, 0.05) is 28.6 Å². The first kappa shape index (κ1) is 18.7. The predicted molar refractivity (Wildman–Crippen MR) is 113 cm³/mol. The first-order chi connectivity index (χ1) is 14.2. The lowest BCUT2D eigenvalue weighted by atomic mass is 9.98. The van der Waals surface area contributed by atoms with Crippen LogP contribution < -0.4 is 18.9 Å². The minimum atomic E-state index is 0.609. The predicted octanol–water partition coefficient (Wildman–Crippen LogP) is 5.80. The van der Waals surface area contributed by atoms with Crippen LogP contribution in [0.15, 0.2) is 65.1 Å². The number of methoxy groups -OCH3 is 4. The van der Waals surface area contributed by atoms with Gasteiger partial charge in [-0.2, -0.15) is 0 Å². The topological polar surface area (TPSA) is 50.1 Å². The van der Waals surface area contributed by atoms with E-state index in [1.807, 2.05) is 60.7 Å². The lowest BCUT2D eigenvalue weighted by molar-refractivity contribution is 0.393. The van der Waals surface area contributed by atoms with E-state index in [9.17, 15) is 0 Å². The molecule has 0 radical (unpaired) electrons. The van der Waals surface area contributed by atoms with Crippen LogP contribution in [0.5, 0.6) is 23.0 Å². The lowest BCUT2D eigenvalue weighted by Crippen LogP contribution is -1.90. The molecule has 29 heavy (non-hydrogen) atoms. The Morgan fingerprint density at radius 3 is 1.83 bits per heavy atom. The Morgan fingerprint density at radius 1 is 0.621 bits per heavy atom. The van der Waals surface area contributed by atoms with Crippen LogP contribution in [0.4, 0.5) is 0 Å². The van der Waals surface area contributed by atoms with Crippen LogP contribution in [-0.4, -0.2) is 28.4 Å². The van der Waals surface area contributed by atoms with Crippen molar-refractivity contribution < 1.29 is 23.4 Å². The lowest BCUT2D eigenvalue weighted by Gasteiger charge is -2.10. The van der Waals surface area contributed by atoms with E-state index in [1.54, 1.807) is 28.4 Å². The molecule has 0 spiro atoms. The van der Waals surface area contributed by atoms with E-state index in [0.29, 0.717) is 28.6 Å². The molecule has 0 bridgehead atoms. The van der Waals surface area contributed by atoms with Crippen LogP contribution >= 0.6 is 0 Å². The van der Waals surface area contributed by atoms with Crippen LogP contribution in [0.25, 0.3) is 33.4 Å². The van der Waals surface area contributed by atoms with Crippen molar-refractivity contribution in [1.82, 2.24) is 0 Å². The Bertz CT molecular complexity index is 1120. The molecule has 5 nitrogen and oxygen atoms in total. The zero-order valence-corrected chi connectivity index (χ0v) is 16.8. The highest BCUT2D eigenvalue weighted by atomic mass is 16.5. The molecule has 0 atom stereocenters. The molecule has 4 rings (SSSR count). The summed E-state index contributed by atoms with van der Waals surface area (Å²) in [6.07, 6.45) is 0. The van der Waals surface area contributed by atoms with Crippen molar-refractivity contribution in [3.63, 3.8) is 0 Å². The number of benzene rings is 3. The van der Waals surface area contributed by atoms with Gasteiger partial charge in [0.1, 0.15) is 23.0 Å². The molecular formula is C24H22O5. The SMILES string of the molecule is COc1cc(OC)cc(-c2c(-c3ccccc3)oc3c(OC)cc(OC)cc23)c1. The number of hydrogen-bond donors (Lipinski definition) is 0. The van der Waals surface area contributed by atoms with Crippen molar-refractivity contribution in [3.8, 4) is 45.4 Å². The highest BCUT2D eigenvalue weighted by molar-refractivity contribution is 6.04. The van der Waals surface area contributed by atoms with Gasteiger partial charge in [-0.1, -0.05) is 30.3 Å². The molecule has 0 aliphatic carbocycles. The van der Waals surface area contributed by atoms with Gasteiger partial charge >= 0.3 is 0 Å². The molecule has 0 saturated heterocycles. The van der Waals surface area contributed by atoms with Crippen LogP contribution in [0, 0.1) is 0 Å². The molecule has 3 aromatic carbocycles. The van der Waals surface area contributed by atoms with Crippen LogP contribution in [-0.2, 0) is 0 Å². The second-order valence-electron chi connectivity index (χ2n) is 6.48. The average Bonchev–Trinajstić information content (AvgIpc) is 3.18. The van der Waals surface area contributed by atoms with Crippen molar-refractivity contribution in [2.24, 2.45) is 0 Å². The summed E-state index contributed by atoms with van der Waals surface area (Å²) >= 11 is 0. The normalized spacial score (nSPS) is 10.8. The highest BCUT2D eigenvalue weighted by Crippen LogP contribution is 2.46. The maximum absolute atomic E-state index is 6.35. The highest BCUT2D eigenvalue weighted by Gasteiger charge is 2.22. The van der Waals surface area contributed by atoms with E-state index < -0.39 is 0 Å². The van der Waals surface area contributed by atoms with Crippen LogP contribution in [0.3, 0.4) is 0 Å². The number of hydrogen-bond acceptors (Lipinski definition) is 5. The maximum Gasteiger partial charge on any atom is 0.177 e. The van der Waals surface area contributed by atoms with Gasteiger partial charge in [0.15, 0.2) is 11.3 Å². The summed E-state index contributed by atoms with van der Waals surface area (Å²) in [5, 5.41) is 0.885. The van der Waals surface area contributed by atoms with Crippen molar-refractivity contribution in [3.05, 3.63) is 60.7 Å². The van der Waals surface area contributed by atoms with Gasteiger partial charge in [0.2, 0.25) is 0 Å². The van der Waals surface area contributed by atoms with E-state index in [0.717, 1.165) is 27.8 Å². The number of furan rings is 1. The second kappa shape index (κ2) is 7.80. The van der Waals surface area contributed by atoms with E-state index >= 15 is 0 Å². The smallest absolute Gasteiger partial charge is 0.177 e. The Balaban J connectivity index is 2.10. The van der Waals surface area contributed by atoms with Crippen molar-refractivity contribution in [1.29, 1.82) is 0 Å². The number of rotatable bonds is 6. The Morgan fingerprint density at radius 2 is 1.24 bits per heavy atom. The van der Waals surface area contributed by atoms with Gasteiger partial charge in [0.05, 0.1) is 28.4 Å². The molecule has 0 fully saturated rings. The van der Waals surface area contributed by atoms with E-state index in [4.69, 9.17) is 23.4 Å². The summed E-state index contributed by atoms with van der Waals surface area (Å²) in [5.41, 5.74) is 3.44. The monoisotopic (exact) mass is 390 g/mol. The van der Waals surface area contributed by atoms with E-state index in [-0.39, 0.29) is 0 Å². The molecular weight excluding hydrogens is 368 g/mol. The van der Waals surface area contributed by atoms with Crippen molar-refractivity contribution in [2.75, 3.05) is 28.4 Å². The summed E-state index contributed by atoms with van der Waals surface area (Å²) in [6, 6.07) is 19.5. The third kappa shape index (κ3) is 3.36. The standard InChI is InChI=1S/C24H22O5/c1-25-17-10-16(11-18(12-17)26-2)22-20-13-19(27-3)14-21(28-4)24(20)29-23(22)15-8-6-5-7-9-15/h5-14H,1-4H3. The summed E-state index contributed by atoms with van der Waals surface area (Å²) in [6.45, 7) is 0. The van der Waals surface area contributed by atoms with Crippen LogP contribution in [0.2, 0.25) is 0 Å². The van der Waals surface area contributed by atoms with Crippen molar-refractivity contribution >= 4 is 11.0 Å². The second-order valence-corrected chi connectivity index (χ2v) is 6.48. The summed E-state index contributed by atoms with van der Waals surface area (Å²) < 4.78 is 28.4. The molecule has 0 aliphatic heterocycles. The quantitative estimate of drug-likeness (QED) is 0.416. The minimum Gasteiger partial charge on any atom is -0.497 e. The van der Waals surface area contributed by atoms with Gasteiger partial charge in [-0.05, 0) is 23.8 Å². The molecule has 1 heterocycles. The summed E-state index contributed by atoms with van der Waals surface area (Å²) in [4.78, 5) is 0. The molecule has 0 N–H and O–H groups in total. The first-order valence-corrected chi connectivity index (χ1v) is 9.16. The third-order valence-electron chi connectivity index (χ3n) is 4.86. The third-order valence-corrected chi connectivity index (χ3v) is 4.86. The average molecular weight is 390 g/mol. The Labute approximate surface area is 169 Å². The van der Waals surface area contributed by atoms with Crippen molar-refractivity contribution in [2.45, 2.75) is 0 Å². The fraction of sp³-hybridized carbons (Fsp3) is 0.167. The van der Waals surface area contributed by atoms with Gasteiger partial charge in [-0.25, -0.2) is 0 Å². The molecule has 0 saturated carbocycles. The van der Waals surface area contributed by atoms with E-state index in [1.165, 1.54) is 0 Å². The van der Waals surface area contributed by atoms with Gasteiger partial charge in [-0.3, -0.25) is 0 Å². The molecule has 0 aliphatic rings. The number of fused-ring (bicyclic) bond motifs is 1. The number of ether oxygens (including phenoxy) is 4. The Kier molecular flexibility index (Phi) is 5.04. The Hall–Kier alpha value is -3.60. The molecule has 4 aromatic rings. The van der Waals surface area contributed by atoms with Crippen LogP contribution in [0.1, 0.15) is 0 Å². The summed E-state index contributed by atoms with van der Waals surface area (Å²) in [5.74, 6) is 3.43. The minimum absolute atomic E-state index is 0.609. The largest absolute Gasteiger partial charge is 0.497 e. The molecule has 0 amide bonds. The van der Waals surface area contributed by atoms with E-state index in [2.05, 4.69) is 0 Å². The molecule has 0 unspecified atom stereocenters. The van der Waals surface area contributed by atoms with Gasteiger partial charge in [0.25, 0.3) is 0 Å². The van der Waals surface area contributed by atoms with Gasteiger partial charge in [-0.15, -0.1) is 0 Å². The fourth-order valence-electron chi connectivity index (χ4n) is 3.44. The molecule has 148 valence electrons. The van der Waals surface area contributed by atoms with Gasteiger partial charge < -0.3 is 23.4 Å². The summed E-state index contributed by atoms with van der Waals surface area (Å²) in [7, 11) is 6.52. The fourth-order valence-corrected chi connectivity index (χ4v) is 3.44. The maximum atomic E-state index is 6.35. The molecule has 1 aromatic heterocycles. The first-order valence-electron chi connectivity index (χ1n) is 9.16.